The molecule has 148 valence electrons. The molecule has 3 atom stereocenters. The standard InChI is InChI=1S/C19H23N5O4/c25-11-17-16(24-19(27)13-3-6-20-7-4-13)2-1-15(28-17)9-18(26)22-10-14-5-8-21-12-23-14/h3-8,12,15-17,25H,1-2,9-11H2,(H,22,26)(H,24,27)/t15-,16+,17-/m0/s1. The van der Waals surface area contributed by atoms with Gasteiger partial charge in [0.05, 0.1) is 37.4 Å². The predicted molar refractivity (Wildman–Crippen MR) is 99.0 cm³/mol. The number of nitrogens with zero attached hydrogens (tertiary/aromatic N) is 3. The van der Waals surface area contributed by atoms with Crippen molar-refractivity contribution in [2.45, 2.75) is 44.1 Å². The van der Waals surface area contributed by atoms with Crippen molar-refractivity contribution in [1.82, 2.24) is 25.6 Å². The molecular weight excluding hydrogens is 362 g/mol. The Labute approximate surface area is 162 Å². The molecule has 0 radical (unpaired) electrons. The lowest BCUT2D eigenvalue weighted by Crippen LogP contribution is -2.51. The van der Waals surface area contributed by atoms with Gasteiger partial charge in [-0.2, -0.15) is 0 Å². The highest BCUT2D eigenvalue weighted by atomic mass is 16.5. The Morgan fingerprint density at radius 2 is 1.93 bits per heavy atom. The molecule has 1 aliphatic heterocycles. The number of aliphatic hydroxyl groups is 1. The van der Waals surface area contributed by atoms with Crippen molar-refractivity contribution in [3.63, 3.8) is 0 Å². The maximum Gasteiger partial charge on any atom is 0.251 e. The first-order chi connectivity index (χ1) is 13.7. The maximum absolute atomic E-state index is 12.3. The third-order valence-corrected chi connectivity index (χ3v) is 4.58. The van der Waals surface area contributed by atoms with Crippen molar-refractivity contribution in [2.24, 2.45) is 0 Å². The second-order valence-electron chi connectivity index (χ2n) is 6.55. The van der Waals surface area contributed by atoms with Gasteiger partial charge < -0.3 is 20.5 Å². The lowest BCUT2D eigenvalue weighted by atomic mass is 9.96. The van der Waals surface area contributed by atoms with Crippen LogP contribution in [-0.4, -0.2) is 56.7 Å². The monoisotopic (exact) mass is 385 g/mol. The maximum atomic E-state index is 12.3. The van der Waals surface area contributed by atoms with Crippen molar-refractivity contribution >= 4 is 11.8 Å². The van der Waals surface area contributed by atoms with E-state index >= 15 is 0 Å². The van der Waals surface area contributed by atoms with Crippen LogP contribution in [0.15, 0.2) is 43.1 Å². The molecule has 2 aromatic heterocycles. The minimum atomic E-state index is -0.556. The Morgan fingerprint density at radius 3 is 2.64 bits per heavy atom. The van der Waals surface area contributed by atoms with Crippen LogP contribution >= 0.6 is 0 Å². The highest BCUT2D eigenvalue weighted by molar-refractivity contribution is 5.94. The minimum Gasteiger partial charge on any atom is -0.394 e. The van der Waals surface area contributed by atoms with Crippen LogP contribution in [0.1, 0.15) is 35.3 Å². The average molecular weight is 385 g/mol. The summed E-state index contributed by atoms with van der Waals surface area (Å²) >= 11 is 0. The molecule has 9 nitrogen and oxygen atoms in total. The van der Waals surface area contributed by atoms with E-state index in [-0.39, 0.29) is 37.0 Å². The van der Waals surface area contributed by atoms with Crippen LogP contribution in [0.4, 0.5) is 0 Å². The summed E-state index contributed by atoms with van der Waals surface area (Å²) in [6.07, 6.45) is 6.69. The first-order valence-electron chi connectivity index (χ1n) is 9.14. The van der Waals surface area contributed by atoms with Crippen LogP contribution in [-0.2, 0) is 16.1 Å². The molecule has 2 amide bonds. The van der Waals surface area contributed by atoms with Crippen LogP contribution in [0, 0.1) is 0 Å². The lowest BCUT2D eigenvalue weighted by Gasteiger charge is -2.36. The third kappa shape index (κ3) is 5.54. The molecule has 28 heavy (non-hydrogen) atoms. The lowest BCUT2D eigenvalue weighted by molar-refractivity contribution is -0.131. The Balaban J connectivity index is 1.47. The van der Waals surface area contributed by atoms with Crippen LogP contribution in [0.25, 0.3) is 0 Å². The molecule has 9 heteroatoms. The van der Waals surface area contributed by atoms with Gasteiger partial charge in [0.25, 0.3) is 5.91 Å². The largest absolute Gasteiger partial charge is 0.394 e. The fourth-order valence-electron chi connectivity index (χ4n) is 3.09. The smallest absolute Gasteiger partial charge is 0.251 e. The highest BCUT2D eigenvalue weighted by Gasteiger charge is 2.33. The molecule has 0 unspecified atom stereocenters. The van der Waals surface area contributed by atoms with Gasteiger partial charge in [-0.25, -0.2) is 9.97 Å². The average Bonchev–Trinajstić information content (AvgIpc) is 2.74. The molecule has 1 aliphatic rings. The molecule has 1 fully saturated rings. The summed E-state index contributed by atoms with van der Waals surface area (Å²) in [4.78, 5) is 36.2. The summed E-state index contributed by atoms with van der Waals surface area (Å²) < 4.78 is 5.84. The van der Waals surface area contributed by atoms with E-state index in [1.54, 1.807) is 36.8 Å². The van der Waals surface area contributed by atoms with E-state index in [2.05, 4.69) is 25.6 Å². The number of hydrogen-bond donors (Lipinski definition) is 3. The van der Waals surface area contributed by atoms with E-state index in [0.717, 1.165) is 5.69 Å². The van der Waals surface area contributed by atoms with E-state index in [9.17, 15) is 14.7 Å². The molecule has 1 saturated heterocycles. The minimum absolute atomic E-state index is 0.153. The Morgan fingerprint density at radius 1 is 1.14 bits per heavy atom. The number of pyridine rings is 1. The number of amides is 2. The van der Waals surface area contributed by atoms with E-state index in [1.165, 1.54) is 6.33 Å². The van der Waals surface area contributed by atoms with Crippen LogP contribution in [0.2, 0.25) is 0 Å². The van der Waals surface area contributed by atoms with Crippen LogP contribution in [0.3, 0.4) is 0 Å². The molecule has 0 bridgehead atoms. The molecule has 3 rings (SSSR count). The molecule has 3 heterocycles. The first kappa shape index (κ1) is 19.8. The summed E-state index contributed by atoms with van der Waals surface area (Å²) in [6, 6.07) is 4.66. The number of hydrogen-bond acceptors (Lipinski definition) is 7. The zero-order chi connectivity index (χ0) is 19.8. The molecule has 2 aromatic rings. The van der Waals surface area contributed by atoms with Crippen LogP contribution < -0.4 is 10.6 Å². The summed E-state index contributed by atoms with van der Waals surface area (Å²) in [7, 11) is 0. The van der Waals surface area contributed by atoms with Gasteiger partial charge in [0.15, 0.2) is 0 Å². The number of ether oxygens (including phenoxy) is 1. The van der Waals surface area contributed by atoms with Crippen molar-refractivity contribution in [2.75, 3.05) is 6.61 Å². The number of rotatable bonds is 7. The third-order valence-electron chi connectivity index (χ3n) is 4.58. The molecule has 3 N–H and O–H groups in total. The summed E-state index contributed by atoms with van der Waals surface area (Å²) in [5.74, 6) is -0.393. The SMILES string of the molecule is O=C(C[C@@H]1CC[C@@H](NC(=O)c2ccncc2)[C@H](CO)O1)NCc1ccncn1. The molecular formula is C19H23N5O4. The predicted octanol–water partition coefficient (Wildman–Crippen LogP) is 0.216. The van der Waals surface area contributed by atoms with Gasteiger partial charge in [-0.05, 0) is 31.0 Å². The van der Waals surface area contributed by atoms with Crippen LogP contribution in [0.5, 0.6) is 0 Å². The summed E-state index contributed by atoms with van der Waals surface area (Å²) in [5.41, 5.74) is 1.22. The second kappa shape index (κ2) is 9.86. The number of aromatic nitrogens is 3. The van der Waals surface area contributed by atoms with Gasteiger partial charge in [-0.1, -0.05) is 0 Å². The number of aliphatic hydroxyl groups excluding tert-OH is 1. The van der Waals surface area contributed by atoms with Gasteiger partial charge in [-0.15, -0.1) is 0 Å². The van der Waals surface area contributed by atoms with Gasteiger partial charge >= 0.3 is 0 Å². The van der Waals surface area contributed by atoms with Crippen molar-refractivity contribution in [3.05, 3.63) is 54.4 Å². The zero-order valence-electron chi connectivity index (χ0n) is 15.3. The first-order valence-corrected chi connectivity index (χ1v) is 9.14. The number of carbonyl (C=O) groups is 2. The number of carbonyl (C=O) groups excluding carboxylic acids is 2. The molecule has 0 saturated carbocycles. The zero-order valence-corrected chi connectivity index (χ0v) is 15.3. The fourth-order valence-corrected chi connectivity index (χ4v) is 3.09. The van der Waals surface area contributed by atoms with Gasteiger partial charge in [0.2, 0.25) is 5.91 Å². The Kier molecular flexibility index (Phi) is 6.99. The quantitative estimate of drug-likeness (QED) is 0.622. The van der Waals surface area contributed by atoms with Gasteiger partial charge in [0, 0.05) is 24.2 Å². The van der Waals surface area contributed by atoms with Crippen molar-refractivity contribution < 1.29 is 19.4 Å². The summed E-state index contributed by atoms with van der Waals surface area (Å²) in [6.45, 7) is 0.0858. The molecule has 0 aromatic carbocycles. The summed E-state index contributed by atoms with van der Waals surface area (Å²) in [5, 5.41) is 15.3. The molecule has 0 spiro atoms. The van der Waals surface area contributed by atoms with Gasteiger partial charge in [0.1, 0.15) is 12.4 Å². The second-order valence-corrected chi connectivity index (χ2v) is 6.55. The van der Waals surface area contributed by atoms with E-state index in [4.69, 9.17) is 4.74 Å². The topological polar surface area (TPSA) is 126 Å². The van der Waals surface area contributed by atoms with Crippen molar-refractivity contribution in [3.8, 4) is 0 Å². The Bertz CT molecular complexity index is 774. The van der Waals surface area contributed by atoms with E-state index in [1.807, 2.05) is 0 Å². The van der Waals surface area contributed by atoms with E-state index in [0.29, 0.717) is 24.9 Å². The molecule has 0 aliphatic carbocycles. The van der Waals surface area contributed by atoms with E-state index < -0.39 is 6.10 Å². The Hall–Kier alpha value is -2.91. The number of nitrogens with one attached hydrogen (secondary N) is 2. The fraction of sp³-hybridized carbons (Fsp3) is 0.421. The van der Waals surface area contributed by atoms with Gasteiger partial charge in [-0.3, -0.25) is 14.6 Å². The normalized spacial score (nSPS) is 21.7. The van der Waals surface area contributed by atoms with Crippen molar-refractivity contribution in [1.29, 1.82) is 0 Å². The highest BCUT2D eigenvalue weighted by Crippen LogP contribution is 2.22.